The molecule has 0 unspecified atom stereocenters. The first-order chi connectivity index (χ1) is 9.10. The Morgan fingerprint density at radius 3 is 2.50 bits per heavy atom. The number of nitriles is 1. The van der Waals surface area contributed by atoms with E-state index in [1.807, 2.05) is 12.1 Å². The van der Waals surface area contributed by atoms with E-state index in [1.54, 1.807) is 13.8 Å². The summed E-state index contributed by atoms with van der Waals surface area (Å²) in [6.45, 7) is 9.97. The molecular weight excluding hydrogens is 316 g/mol. The molecule has 108 valence electrons. The van der Waals surface area contributed by atoms with Crippen LogP contribution in [0.25, 0.3) is 0 Å². The molecular formula is C16H21BrN2O. The van der Waals surface area contributed by atoms with E-state index >= 15 is 0 Å². The number of amides is 1. The summed E-state index contributed by atoms with van der Waals surface area (Å²) in [5.74, 6) is -0.235. The van der Waals surface area contributed by atoms with Crippen LogP contribution in [-0.2, 0) is 10.2 Å². The molecule has 3 nitrogen and oxygen atoms in total. The Balaban J connectivity index is 2.89. The van der Waals surface area contributed by atoms with E-state index in [4.69, 9.17) is 5.26 Å². The second kappa shape index (κ2) is 5.97. The van der Waals surface area contributed by atoms with Crippen molar-refractivity contribution in [3.05, 3.63) is 33.8 Å². The molecule has 0 aromatic heterocycles. The van der Waals surface area contributed by atoms with Gasteiger partial charge in [-0.3, -0.25) is 4.79 Å². The number of rotatable bonds is 4. The molecule has 1 N–H and O–H groups in total. The number of halogens is 1. The number of carbonyl (C=O) groups is 1. The number of carbonyl (C=O) groups excluding carboxylic acids is 1. The Morgan fingerprint density at radius 2 is 1.95 bits per heavy atom. The minimum absolute atomic E-state index is 0.199. The first-order valence-corrected chi connectivity index (χ1v) is 7.35. The SMILES string of the molecule is Cc1ccc(Br)cc1C(C)(C)CNC(=O)C(C)(C)C#N. The fraction of sp³-hybridized carbons (Fsp3) is 0.500. The average molecular weight is 337 g/mol. The van der Waals surface area contributed by atoms with Gasteiger partial charge in [0.2, 0.25) is 5.91 Å². The van der Waals surface area contributed by atoms with Crippen molar-refractivity contribution in [3.8, 4) is 6.07 Å². The quantitative estimate of drug-likeness (QED) is 0.911. The molecule has 0 saturated carbocycles. The summed E-state index contributed by atoms with van der Waals surface area (Å²) in [5.41, 5.74) is 1.17. The third-order valence-electron chi connectivity index (χ3n) is 3.47. The Hall–Kier alpha value is -1.34. The molecule has 0 aliphatic carbocycles. The number of nitrogens with zero attached hydrogens (tertiary/aromatic N) is 1. The highest BCUT2D eigenvalue weighted by atomic mass is 79.9. The second-order valence-electron chi connectivity index (χ2n) is 6.26. The van der Waals surface area contributed by atoms with Crippen molar-refractivity contribution >= 4 is 21.8 Å². The third kappa shape index (κ3) is 3.83. The first-order valence-electron chi connectivity index (χ1n) is 6.56. The van der Waals surface area contributed by atoms with Crippen LogP contribution in [-0.4, -0.2) is 12.5 Å². The molecule has 4 heteroatoms. The molecule has 0 fully saturated rings. The minimum atomic E-state index is -0.998. The highest BCUT2D eigenvalue weighted by molar-refractivity contribution is 9.10. The van der Waals surface area contributed by atoms with E-state index in [2.05, 4.69) is 54.2 Å². The molecule has 0 heterocycles. The van der Waals surface area contributed by atoms with Crippen molar-refractivity contribution in [2.75, 3.05) is 6.54 Å². The van der Waals surface area contributed by atoms with Crippen LogP contribution in [0.3, 0.4) is 0 Å². The molecule has 0 aliphatic heterocycles. The Bertz CT molecular complexity index is 556. The van der Waals surface area contributed by atoms with Crippen molar-refractivity contribution in [3.63, 3.8) is 0 Å². The minimum Gasteiger partial charge on any atom is -0.354 e. The van der Waals surface area contributed by atoms with Gasteiger partial charge in [0.15, 0.2) is 0 Å². The van der Waals surface area contributed by atoms with Crippen molar-refractivity contribution in [1.82, 2.24) is 5.32 Å². The molecule has 0 spiro atoms. The van der Waals surface area contributed by atoms with Gasteiger partial charge in [0.25, 0.3) is 0 Å². The van der Waals surface area contributed by atoms with Crippen LogP contribution in [0.1, 0.15) is 38.8 Å². The van der Waals surface area contributed by atoms with Crippen molar-refractivity contribution in [2.24, 2.45) is 5.41 Å². The van der Waals surface area contributed by atoms with Crippen molar-refractivity contribution in [1.29, 1.82) is 5.26 Å². The van der Waals surface area contributed by atoms with Gasteiger partial charge in [0.1, 0.15) is 5.41 Å². The van der Waals surface area contributed by atoms with Gasteiger partial charge in [0, 0.05) is 16.4 Å². The van der Waals surface area contributed by atoms with Crippen LogP contribution < -0.4 is 5.32 Å². The molecule has 0 bridgehead atoms. The fourth-order valence-corrected chi connectivity index (χ4v) is 2.35. The van der Waals surface area contributed by atoms with Crippen LogP contribution in [0.4, 0.5) is 0 Å². The molecule has 0 atom stereocenters. The van der Waals surface area contributed by atoms with Gasteiger partial charge >= 0.3 is 0 Å². The number of nitrogens with one attached hydrogen (secondary N) is 1. The monoisotopic (exact) mass is 336 g/mol. The van der Waals surface area contributed by atoms with Gasteiger partial charge in [-0.05, 0) is 44.0 Å². The van der Waals surface area contributed by atoms with E-state index in [9.17, 15) is 4.79 Å². The summed E-state index contributed by atoms with van der Waals surface area (Å²) in [5, 5.41) is 11.9. The predicted octanol–water partition coefficient (Wildman–Crippen LogP) is 3.70. The highest BCUT2D eigenvalue weighted by Crippen LogP contribution is 2.28. The molecule has 1 amide bonds. The van der Waals surface area contributed by atoms with Gasteiger partial charge in [-0.25, -0.2) is 0 Å². The smallest absolute Gasteiger partial charge is 0.239 e. The normalized spacial score (nSPS) is 11.8. The molecule has 0 radical (unpaired) electrons. The lowest BCUT2D eigenvalue weighted by Gasteiger charge is -2.29. The predicted molar refractivity (Wildman–Crippen MR) is 84.3 cm³/mol. The molecule has 0 aliphatic rings. The maximum absolute atomic E-state index is 12.0. The largest absolute Gasteiger partial charge is 0.354 e. The molecule has 20 heavy (non-hydrogen) atoms. The van der Waals surface area contributed by atoms with Crippen LogP contribution in [0.2, 0.25) is 0 Å². The number of benzene rings is 1. The van der Waals surface area contributed by atoms with Gasteiger partial charge in [-0.15, -0.1) is 0 Å². The maximum Gasteiger partial charge on any atom is 0.239 e. The summed E-state index contributed by atoms with van der Waals surface area (Å²) in [6.07, 6.45) is 0. The summed E-state index contributed by atoms with van der Waals surface area (Å²) < 4.78 is 1.02. The summed E-state index contributed by atoms with van der Waals surface area (Å²) in [7, 11) is 0. The Labute approximate surface area is 129 Å². The first kappa shape index (κ1) is 16.7. The van der Waals surface area contributed by atoms with Crippen molar-refractivity contribution in [2.45, 2.75) is 40.0 Å². The molecule has 1 rings (SSSR count). The lowest BCUT2D eigenvalue weighted by atomic mass is 9.81. The second-order valence-corrected chi connectivity index (χ2v) is 7.18. The zero-order valence-corrected chi connectivity index (χ0v) is 14.3. The van der Waals surface area contributed by atoms with Gasteiger partial charge in [-0.2, -0.15) is 5.26 Å². The summed E-state index contributed by atoms with van der Waals surface area (Å²) in [4.78, 5) is 12.0. The van der Waals surface area contributed by atoms with Gasteiger partial charge < -0.3 is 5.32 Å². The van der Waals surface area contributed by atoms with E-state index in [1.165, 1.54) is 11.1 Å². The Morgan fingerprint density at radius 1 is 1.35 bits per heavy atom. The number of hydrogen-bond acceptors (Lipinski definition) is 2. The van der Waals surface area contributed by atoms with Gasteiger partial charge in [0.05, 0.1) is 6.07 Å². The lowest BCUT2D eigenvalue weighted by molar-refractivity contribution is -0.127. The fourth-order valence-electron chi connectivity index (χ4n) is 1.99. The average Bonchev–Trinajstić information content (AvgIpc) is 2.38. The van der Waals surface area contributed by atoms with E-state index in [-0.39, 0.29) is 11.3 Å². The van der Waals surface area contributed by atoms with E-state index < -0.39 is 5.41 Å². The Kier molecular flexibility index (Phi) is 4.99. The standard InChI is InChI=1S/C16H21BrN2O/c1-11-6-7-12(17)8-13(11)16(4,5)10-19-14(20)15(2,3)9-18/h6-8H,10H2,1-5H3,(H,19,20). The van der Waals surface area contributed by atoms with Crippen molar-refractivity contribution < 1.29 is 4.79 Å². The van der Waals surface area contributed by atoms with Gasteiger partial charge in [-0.1, -0.05) is 35.8 Å². The topological polar surface area (TPSA) is 52.9 Å². The number of hydrogen-bond donors (Lipinski definition) is 1. The molecule has 0 saturated heterocycles. The lowest BCUT2D eigenvalue weighted by Crippen LogP contribution is -2.42. The van der Waals surface area contributed by atoms with Crippen LogP contribution in [0.5, 0.6) is 0 Å². The van der Waals surface area contributed by atoms with Crippen LogP contribution in [0.15, 0.2) is 22.7 Å². The van der Waals surface area contributed by atoms with Crippen LogP contribution in [0, 0.1) is 23.7 Å². The molecule has 1 aromatic carbocycles. The number of aryl methyl sites for hydroxylation is 1. The van der Waals surface area contributed by atoms with Crippen LogP contribution >= 0.6 is 15.9 Å². The summed E-state index contributed by atoms with van der Waals surface area (Å²) in [6, 6.07) is 8.16. The third-order valence-corrected chi connectivity index (χ3v) is 3.96. The zero-order chi connectivity index (χ0) is 15.6. The maximum atomic E-state index is 12.0. The zero-order valence-electron chi connectivity index (χ0n) is 12.7. The van der Waals surface area contributed by atoms with E-state index in [0.717, 1.165) is 4.47 Å². The molecule has 1 aromatic rings. The highest BCUT2D eigenvalue weighted by Gasteiger charge is 2.30. The van der Waals surface area contributed by atoms with E-state index in [0.29, 0.717) is 6.54 Å². The summed E-state index contributed by atoms with van der Waals surface area (Å²) >= 11 is 3.48.